The van der Waals surface area contributed by atoms with E-state index in [-0.39, 0.29) is 5.91 Å². The monoisotopic (exact) mass is 212 g/mol. The van der Waals surface area contributed by atoms with Crippen molar-refractivity contribution in [1.82, 2.24) is 4.98 Å². The molecule has 0 fully saturated rings. The van der Waals surface area contributed by atoms with E-state index in [1.165, 1.54) is 0 Å². The Hall–Kier alpha value is -1.23. The summed E-state index contributed by atoms with van der Waals surface area (Å²) in [6.07, 6.45) is 1.95. The van der Waals surface area contributed by atoms with Gasteiger partial charge in [0.05, 0.1) is 10.8 Å². The zero-order chi connectivity index (χ0) is 10.6. The first-order valence-corrected chi connectivity index (χ1v) is 5.79. The van der Waals surface area contributed by atoms with Crippen LogP contribution >= 0.6 is 0 Å². The van der Waals surface area contributed by atoms with Crippen LogP contribution in [0.3, 0.4) is 0 Å². The van der Waals surface area contributed by atoms with Gasteiger partial charge in [0.1, 0.15) is 10.8 Å². The van der Waals surface area contributed by atoms with Crippen molar-refractivity contribution < 1.29 is 9.00 Å². The molecule has 0 bridgehead atoms. The molecule has 0 spiro atoms. The van der Waals surface area contributed by atoms with Gasteiger partial charge >= 0.3 is 0 Å². The molecule has 1 aromatic heterocycles. The maximum absolute atomic E-state index is 11.1. The first-order chi connectivity index (χ1) is 6.63. The van der Waals surface area contributed by atoms with Gasteiger partial charge in [0.25, 0.3) is 0 Å². The van der Waals surface area contributed by atoms with Gasteiger partial charge in [-0.3, -0.25) is 9.00 Å². The van der Waals surface area contributed by atoms with Gasteiger partial charge < -0.3 is 5.32 Å². The van der Waals surface area contributed by atoms with Gasteiger partial charge in [0.15, 0.2) is 0 Å². The Labute approximate surface area is 85.2 Å². The van der Waals surface area contributed by atoms with E-state index in [1.54, 1.807) is 31.4 Å². The minimum absolute atomic E-state index is 0.100. The second-order valence-corrected chi connectivity index (χ2v) is 4.04. The summed E-state index contributed by atoms with van der Waals surface area (Å²) in [6.45, 7) is 1.76. The van der Waals surface area contributed by atoms with Gasteiger partial charge in [0, 0.05) is 12.7 Å². The van der Waals surface area contributed by atoms with Crippen LogP contribution in [0.4, 0.5) is 5.82 Å². The third kappa shape index (κ3) is 2.92. The van der Waals surface area contributed by atoms with Crippen LogP contribution in [-0.4, -0.2) is 21.4 Å². The third-order valence-corrected chi connectivity index (χ3v) is 2.42. The number of amides is 1. The molecule has 0 aromatic carbocycles. The standard InChI is InChI=1S/C9H12N2O2S/c1-3-8(12)10-7-5-4-6-9(11-7)14(2)13/h4-6H,3H2,1-2H3,(H,10,11,12). The maximum atomic E-state index is 11.1. The summed E-state index contributed by atoms with van der Waals surface area (Å²) in [7, 11) is -1.12. The van der Waals surface area contributed by atoms with Crippen LogP contribution in [0.5, 0.6) is 0 Å². The van der Waals surface area contributed by atoms with Gasteiger partial charge in [-0.25, -0.2) is 4.98 Å². The quantitative estimate of drug-likeness (QED) is 0.818. The van der Waals surface area contributed by atoms with Crippen molar-refractivity contribution in [3.63, 3.8) is 0 Å². The molecule has 1 unspecified atom stereocenters. The van der Waals surface area contributed by atoms with E-state index in [9.17, 15) is 9.00 Å². The van der Waals surface area contributed by atoms with Crippen molar-refractivity contribution in [2.75, 3.05) is 11.6 Å². The number of carbonyl (C=O) groups excluding carboxylic acids is 1. The molecule has 4 nitrogen and oxygen atoms in total. The Morgan fingerprint density at radius 2 is 2.29 bits per heavy atom. The molecule has 1 N–H and O–H groups in total. The van der Waals surface area contributed by atoms with Gasteiger partial charge in [-0.15, -0.1) is 0 Å². The first-order valence-electron chi connectivity index (χ1n) is 4.24. The molecule has 5 heteroatoms. The lowest BCUT2D eigenvalue weighted by atomic mass is 10.4. The van der Waals surface area contributed by atoms with E-state index in [0.29, 0.717) is 17.3 Å². The van der Waals surface area contributed by atoms with Crippen LogP contribution < -0.4 is 5.32 Å². The molecule has 1 rings (SSSR count). The molecule has 1 amide bonds. The van der Waals surface area contributed by atoms with Crippen molar-refractivity contribution >= 4 is 22.5 Å². The molecule has 14 heavy (non-hydrogen) atoms. The molecule has 0 radical (unpaired) electrons. The van der Waals surface area contributed by atoms with Crippen molar-refractivity contribution in [3.05, 3.63) is 18.2 Å². The van der Waals surface area contributed by atoms with Crippen LogP contribution in [0.15, 0.2) is 23.2 Å². The van der Waals surface area contributed by atoms with Crippen LogP contribution in [0.2, 0.25) is 0 Å². The van der Waals surface area contributed by atoms with Crippen LogP contribution in [-0.2, 0) is 15.6 Å². The van der Waals surface area contributed by atoms with E-state index in [2.05, 4.69) is 10.3 Å². The summed E-state index contributed by atoms with van der Waals surface area (Å²) in [5.41, 5.74) is 0. The first kappa shape index (κ1) is 10.8. The van der Waals surface area contributed by atoms with E-state index >= 15 is 0 Å². The molecule has 1 heterocycles. The van der Waals surface area contributed by atoms with Gasteiger partial charge in [-0.2, -0.15) is 0 Å². The van der Waals surface area contributed by atoms with E-state index in [4.69, 9.17) is 0 Å². The molecule has 0 aliphatic carbocycles. The average Bonchev–Trinajstić information content (AvgIpc) is 2.18. The second kappa shape index (κ2) is 4.85. The van der Waals surface area contributed by atoms with Crippen LogP contribution in [0.25, 0.3) is 0 Å². The lowest BCUT2D eigenvalue weighted by Crippen LogP contribution is -2.11. The summed E-state index contributed by atoms with van der Waals surface area (Å²) in [4.78, 5) is 15.1. The van der Waals surface area contributed by atoms with Crippen LogP contribution in [0, 0.1) is 0 Å². The molecule has 1 atom stereocenters. The van der Waals surface area contributed by atoms with E-state index in [0.717, 1.165) is 0 Å². The van der Waals surface area contributed by atoms with Crippen LogP contribution in [0.1, 0.15) is 13.3 Å². The van der Waals surface area contributed by atoms with Gasteiger partial charge in [0.2, 0.25) is 5.91 Å². The summed E-state index contributed by atoms with van der Waals surface area (Å²) in [5.74, 6) is 0.348. The van der Waals surface area contributed by atoms with E-state index < -0.39 is 10.8 Å². The Balaban J connectivity index is 2.83. The number of anilines is 1. The highest BCUT2D eigenvalue weighted by atomic mass is 32.2. The molecule has 1 aromatic rings. The highest BCUT2D eigenvalue weighted by molar-refractivity contribution is 7.84. The number of hydrogen-bond donors (Lipinski definition) is 1. The van der Waals surface area contributed by atoms with Gasteiger partial charge in [-0.1, -0.05) is 13.0 Å². The number of hydrogen-bond acceptors (Lipinski definition) is 3. The fourth-order valence-electron chi connectivity index (χ4n) is 0.876. The number of aromatic nitrogens is 1. The Morgan fingerprint density at radius 3 is 2.86 bits per heavy atom. The molecule has 76 valence electrons. The molecule has 0 saturated heterocycles. The number of pyridine rings is 1. The fourth-order valence-corrected chi connectivity index (χ4v) is 1.37. The second-order valence-electron chi connectivity index (χ2n) is 2.72. The van der Waals surface area contributed by atoms with Crippen molar-refractivity contribution in [1.29, 1.82) is 0 Å². The summed E-state index contributed by atoms with van der Waals surface area (Å²) in [5, 5.41) is 3.07. The average molecular weight is 212 g/mol. The smallest absolute Gasteiger partial charge is 0.225 e. The lowest BCUT2D eigenvalue weighted by Gasteiger charge is -2.03. The summed E-state index contributed by atoms with van der Waals surface area (Å²) in [6, 6.07) is 5.05. The minimum Gasteiger partial charge on any atom is -0.311 e. The molecule has 0 aliphatic rings. The predicted octanol–water partition coefficient (Wildman–Crippen LogP) is 1.17. The number of nitrogens with one attached hydrogen (secondary N) is 1. The topological polar surface area (TPSA) is 59.1 Å². The Morgan fingerprint density at radius 1 is 1.57 bits per heavy atom. The molecular formula is C9H12N2O2S. The number of carbonyl (C=O) groups is 1. The van der Waals surface area contributed by atoms with E-state index in [1.807, 2.05) is 0 Å². The van der Waals surface area contributed by atoms with Crippen molar-refractivity contribution in [2.45, 2.75) is 18.4 Å². The maximum Gasteiger partial charge on any atom is 0.225 e. The Kier molecular flexibility index (Phi) is 3.76. The van der Waals surface area contributed by atoms with Crippen molar-refractivity contribution in [2.24, 2.45) is 0 Å². The highest BCUT2D eigenvalue weighted by Crippen LogP contribution is 2.07. The SMILES string of the molecule is CCC(=O)Nc1cccc(S(C)=O)n1. The van der Waals surface area contributed by atoms with Gasteiger partial charge in [-0.05, 0) is 12.1 Å². The molecule has 0 aliphatic heterocycles. The molecule has 0 saturated carbocycles. The minimum atomic E-state index is -1.12. The largest absolute Gasteiger partial charge is 0.311 e. The fraction of sp³-hybridized carbons (Fsp3) is 0.333. The molecular weight excluding hydrogens is 200 g/mol. The number of rotatable bonds is 3. The summed E-state index contributed by atoms with van der Waals surface area (Å²) < 4.78 is 11.1. The number of nitrogens with zero attached hydrogens (tertiary/aromatic N) is 1. The normalized spacial score (nSPS) is 12.1. The summed E-state index contributed by atoms with van der Waals surface area (Å²) >= 11 is 0. The predicted molar refractivity (Wildman–Crippen MR) is 55.5 cm³/mol. The third-order valence-electron chi connectivity index (χ3n) is 1.61. The lowest BCUT2D eigenvalue weighted by molar-refractivity contribution is -0.115. The zero-order valence-electron chi connectivity index (χ0n) is 8.11. The Bertz CT molecular complexity index is 366. The zero-order valence-corrected chi connectivity index (χ0v) is 8.93. The van der Waals surface area contributed by atoms with Crippen molar-refractivity contribution in [3.8, 4) is 0 Å². The highest BCUT2D eigenvalue weighted by Gasteiger charge is 2.03.